The number of rotatable bonds is 9. The summed E-state index contributed by atoms with van der Waals surface area (Å²) in [5.74, 6) is -1.02. The second kappa shape index (κ2) is 13.4. The lowest BCUT2D eigenvalue weighted by molar-refractivity contribution is -0.142. The maximum Gasteiger partial charge on any atom is 0.416 e. The molecule has 6 rings (SSSR count). The van der Waals surface area contributed by atoms with Gasteiger partial charge in [0.2, 0.25) is 5.91 Å². The van der Waals surface area contributed by atoms with Crippen molar-refractivity contribution in [1.82, 2.24) is 9.80 Å². The molecule has 4 fully saturated rings. The van der Waals surface area contributed by atoms with Crippen molar-refractivity contribution in [3.05, 3.63) is 59.2 Å². The Bertz CT molecular complexity index is 1390. The van der Waals surface area contributed by atoms with Crippen molar-refractivity contribution < 1.29 is 37.3 Å². The summed E-state index contributed by atoms with van der Waals surface area (Å²) in [5, 5.41) is 9.49. The third kappa shape index (κ3) is 6.58. The van der Waals surface area contributed by atoms with Gasteiger partial charge in [0.25, 0.3) is 0 Å². The SMILES string of the molecule is COC[C@H]1CN(C(=O)C2CN(C3CCC3)C[C@H]2c2ccc(OC)cc2)CC1c1ccc(C(F)(F)F)cc1N1CCC(C(=O)O)CC1. The molecule has 0 bridgehead atoms. The fourth-order valence-corrected chi connectivity index (χ4v) is 8.02. The van der Waals surface area contributed by atoms with E-state index in [1.165, 1.54) is 12.5 Å². The van der Waals surface area contributed by atoms with E-state index in [0.29, 0.717) is 63.9 Å². The Morgan fingerprint density at radius 2 is 1.63 bits per heavy atom. The van der Waals surface area contributed by atoms with Gasteiger partial charge >= 0.3 is 12.1 Å². The average Bonchev–Trinajstić information content (AvgIpc) is 3.64. The molecule has 0 spiro atoms. The number of benzene rings is 2. The lowest BCUT2D eigenvalue weighted by Gasteiger charge is -2.35. The minimum atomic E-state index is -4.51. The van der Waals surface area contributed by atoms with Gasteiger partial charge in [-0.05, 0) is 61.1 Å². The molecule has 4 atom stereocenters. The lowest BCUT2D eigenvalue weighted by Crippen LogP contribution is -2.41. The summed E-state index contributed by atoms with van der Waals surface area (Å²) in [5.41, 5.74) is 1.62. The number of carboxylic acid groups (broad SMARTS) is 1. The van der Waals surface area contributed by atoms with E-state index >= 15 is 0 Å². The first-order valence-corrected chi connectivity index (χ1v) is 16.4. The van der Waals surface area contributed by atoms with Crippen molar-refractivity contribution in [1.29, 1.82) is 0 Å². The number of nitrogens with zero attached hydrogens (tertiary/aromatic N) is 3. The van der Waals surface area contributed by atoms with Crippen LogP contribution in [0.3, 0.4) is 0 Å². The molecule has 3 aliphatic heterocycles. The van der Waals surface area contributed by atoms with Gasteiger partial charge in [0, 0.05) is 75.9 Å². The number of piperidine rings is 1. The normalized spacial score (nSPS) is 26.4. The monoisotopic (exact) mass is 643 g/mol. The number of methoxy groups -OCH3 is 2. The first-order chi connectivity index (χ1) is 22.1. The zero-order chi connectivity index (χ0) is 32.6. The summed E-state index contributed by atoms with van der Waals surface area (Å²) in [6.07, 6.45) is -0.261. The van der Waals surface area contributed by atoms with Crippen molar-refractivity contribution in [3.63, 3.8) is 0 Å². The quantitative estimate of drug-likeness (QED) is 0.388. The topological polar surface area (TPSA) is 82.6 Å². The van der Waals surface area contributed by atoms with E-state index < -0.39 is 23.6 Å². The molecule has 0 aromatic heterocycles. The number of likely N-dealkylation sites (tertiary alicyclic amines) is 2. The lowest BCUT2D eigenvalue weighted by atomic mass is 9.86. The van der Waals surface area contributed by atoms with E-state index in [1.807, 2.05) is 21.9 Å². The number of anilines is 1. The molecule has 250 valence electrons. The van der Waals surface area contributed by atoms with Gasteiger partial charge in [0.05, 0.1) is 31.1 Å². The number of carbonyl (C=O) groups is 2. The molecule has 1 aliphatic carbocycles. The van der Waals surface area contributed by atoms with E-state index in [4.69, 9.17) is 9.47 Å². The fraction of sp³-hybridized carbons (Fsp3) is 0.600. The number of ether oxygens (including phenoxy) is 2. The van der Waals surface area contributed by atoms with Crippen molar-refractivity contribution in [2.75, 3.05) is 65.0 Å². The molecular weight excluding hydrogens is 599 g/mol. The van der Waals surface area contributed by atoms with Crippen LogP contribution in [0.1, 0.15) is 60.6 Å². The summed E-state index contributed by atoms with van der Waals surface area (Å²) in [4.78, 5) is 32.3. The number of aliphatic carboxylic acids is 1. The second-order valence-electron chi connectivity index (χ2n) is 13.5. The van der Waals surface area contributed by atoms with Crippen LogP contribution < -0.4 is 9.64 Å². The predicted octanol–water partition coefficient (Wildman–Crippen LogP) is 5.47. The van der Waals surface area contributed by atoms with Crippen LogP contribution in [0, 0.1) is 17.8 Å². The Labute approximate surface area is 268 Å². The molecule has 2 unspecified atom stereocenters. The van der Waals surface area contributed by atoms with Crippen LogP contribution in [-0.4, -0.2) is 92.9 Å². The highest BCUT2D eigenvalue weighted by atomic mass is 19.4. The number of hydrogen-bond acceptors (Lipinski definition) is 6. The smallest absolute Gasteiger partial charge is 0.416 e. The molecule has 1 N–H and O–H groups in total. The first kappa shape index (κ1) is 32.6. The van der Waals surface area contributed by atoms with Gasteiger partial charge in [-0.2, -0.15) is 13.2 Å². The van der Waals surface area contributed by atoms with Crippen molar-refractivity contribution >= 4 is 17.6 Å². The number of amides is 1. The van der Waals surface area contributed by atoms with Crippen molar-refractivity contribution in [3.8, 4) is 5.75 Å². The van der Waals surface area contributed by atoms with E-state index in [-0.39, 0.29) is 29.6 Å². The number of alkyl halides is 3. The van der Waals surface area contributed by atoms with Gasteiger partial charge < -0.3 is 24.4 Å². The highest BCUT2D eigenvalue weighted by Crippen LogP contribution is 2.44. The number of hydrogen-bond donors (Lipinski definition) is 1. The average molecular weight is 644 g/mol. The van der Waals surface area contributed by atoms with Crippen LogP contribution in [0.15, 0.2) is 42.5 Å². The summed E-state index contributed by atoms with van der Waals surface area (Å²) >= 11 is 0. The summed E-state index contributed by atoms with van der Waals surface area (Å²) in [7, 11) is 3.24. The minimum absolute atomic E-state index is 0.0380. The molecular formula is C35H44F3N3O5. The Morgan fingerprint density at radius 1 is 0.913 bits per heavy atom. The summed E-state index contributed by atoms with van der Waals surface area (Å²) < 4.78 is 52.7. The van der Waals surface area contributed by atoms with Crippen LogP contribution in [0.25, 0.3) is 0 Å². The summed E-state index contributed by atoms with van der Waals surface area (Å²) in [6.45, 7) is 3.47. The number of carboxylic acids is 1. The van der Waals surface area contributed by atoms with Gasteiger partial charge in [-0.1, -0.05) is 24.6 Å². The molecule has 3 heterocycles. The Kier molecular flexibility index (Phi) is 9.53. The predicted molar refractivity (Wildman–Crippen MR) is 167 cm³/mol. The zero-order valence-electron chi connectivity index (χ0n) is 26.5. The molecule has 0 radical (unpaired) electrons. The summed E-state index contributed by atoms with van der Waals surface area (Å²) in [6, 6.07) is 12.4. The molecule has 4 aliphatic rings. The standard InChI is InChI=1S/C35H44F3N3O5/c1-45-21-24-17-41(33(42)31-20-40(26-4-3-5-26)18-29(31)22-6-9-27(46-2)10-7-22)19-30(24)28-11-8-25(35(36,37)38)16-32(28)39-14-12-23(13-15-39)34(43)44/h6-11,16,23-24,26,29-31H,3-5,12-15,17-21H2,1-2H3,(H,43,44)/t24-,29+,30?,31?/m1/s1. The highest BCUT2D eigenvalue weighted by molar-refractivity contribution is 5.81. The number of carbonyl (C=O) groups excluding carboxylic acids is 1. The highest BCUT2D eigenvalue weighted by Gasteiger charge is 2.47. The Hall–Kier alpha value is -3.31. The molecule has 1 saturated carbocycles. The third-order valence-corrected chi connectivity index (χ3v) is 10.9. The van der Waals surface area contributed by atoms with Gasteiger partial charge in [-0.25, -0.2) is 0 Å². The van der Waals surface area contributed by atoms with E-state index in [0.717, 1.165) is 42.3 Å². The van der Waals surface area contributed by atoms with Crippen LogP contribution in [0.2, 0.25) is 0 Å². The maximum absolute atomic E-state index is 14.4. The molecule has 8 nitrogen and oxygen atoms in total. The fourth-order valence-electron chi connectivity index (χ4n) is 8.02. The zero-order valence-corrected chi connectivity index (χ0v) is 26.5. The minimum Gasteiger partial charge on any atom is -0.497 e. The van der Waals surface area contributed by atoms with E-state index in [2.05, 4.69) is 17.0 Å². The van der Waals surface area contributed by atoms with Crippen LogP contribution in [-0.2, 0) is 20.5 Å². The molecule has 3 saturated heterocycles. The molecule has 11 heteroatoms. The number of halogens is 3. The van der Waals surface area contributed by atoms with E-state index in [1.54, 1.807) is 20.3 Å². The van der Waals surface area contributed by atoms with Crippen LogP contribution in [0.4, 0.5) is 18.9 Å². The molecule has 1 amide bonds. The van der Waals surface area contributed by atoms with Gasteiger partial charge in [0.1, 0.15) is 5.75 Å². The van der Waals surface area contributed by atoms with E-state index in [9.17, 15) is 27.9 Å². The molecule has 2 aromatic carbocycles. The van der Waals surface area contributed by atoms with Gasteiger partial charge in [0.15, 0.2) is 0 Å². The van der Waals surface area contributed by atoms with Gasteiger partial charge in [-0.3, -0.25) is 14.5 Å². The third-order valence-electron chi connectivity index (χ3n) is 10.9. The van der Waals surface area contributed by atoms with Crippen LogP contribution >= 0.6 is 0 Å². The second-order valence-corrected chi connectivity index (χ2v) is 13.5. The van der Waals surface area contributed by atoms with Gasteiger partial charge in [-0.15, -0.1) is 0 Å². The Balaban J connectivity index is 1.28. The molecule has 46 heavy (non-hydrogen) atoms. The largest absolute Gasteiger partial charge is 0.497 e. The maximum atomic E-state index is 14.4. The van der Waals surface area contributed by atoms with Crippen molar-refractivity contribution in [2.24, 2.45) is 17.8 Å². The first-order valence-electron chi connectivity index (χ1n) is 16.4. The Morgan fingerprint density at radius 3 is 2.22 bits per heavy atom. The van der Waals surface area contributed by atoms with Crippen LogP contribution in [0.5, 0.6) is 5.75 Å². The molecule has 2 aromatic rings. The van der Waals surface area contributed by atoms with Crippen molar-refractivity contribution in [2.45, 2.75) is 56.2 Å².